The largest absolute Gasteiger partial charge is 0.297 e. The fourth-order valence-electron chi connectivity index (χ4n) is 2.97. The first-order chi connectivity index (χ1) is 13.4. The molecule has 10 nitrogen and oxygen atoms in total. The average molecular weight is 464 g/mol. The zero-order valence-corrected chi connectivity index (χ0v) is 17.3. The van der Waals surface area contributed by atoms with Crippen molar-refractivity contribution in [2.45, 2.75) is 29.1 Å². The molecule has 0 bridgehead atoms. The third-order valence-corrected chi connectivity index (χ3v) is 7.28. The highest BCUT2D eigenvalue weighted by molar-refractivity contribution is 7.87. The van der Waals surface area contributed by atoms with Gasteiger partial charge in [0.1, 0.15) is 4.90 Å². The summed E-state index contributed by atoms with van der Waals surface area (Å²) < 4.78 is 93.1. The molecule has 3 rings (SSSR count). The zero-order chi connectivity index (χ0) is 21.4. The van der Waals surface area contributed by atoms with Gasteiger partial charge in [-0.1, -0.05) is 6.07 Å². The summed E-state index contributed by atoms with van der Waals surface area (Å²) in [4.78, 5) is 3.10. The summed E-state index contributed by atoms with van der Waals surface area (Å²) >= 11 is 0. The summed E-state index contributed by atoms with van der Waals surface area (Å²) in [5, 5.41) is 0.517. The predicted molar refractivity (Wildman–Crippen MR) is 104 cm³/mol. The lowest BCUT2D eigenvalue weighted by Gasteiger charge is -2.12. The van der Waals surface area contributed by atoms with Crippen LogP contribution < -0.4 is 0 Å². The topological polar surface area (TPSA) is 164 Å². The quantitative estimate of drug-likeness (QED) is 0.337. The third kappa shape index (κ3) is 4.99. The number of hydrogen-bond donors (Lipinski definition) is 2. The number of aliphatic imine (C=N–C) groups is 1. The second-order valence-electron chi connectivity index (χ2n) is 6.34. The zero-order valence-electron chi connectivity index (χ0n) is 14.8. The number of hydrogen-bond acceptors (Lipinski definition) is 8. The van der Waals surface area contributed by atoms with Gasteiger partial charge in [0.15, 0.2) is 0 Å². The maximum absolute atomic E-state index is 12.7. The Balaban J connectivity index is 1.99. The van der Waals surface area contributed by atoms with Gasteiger partial charge in [-0.25, -0.2) is 0 Å². The van der Waals surface area contributed by atoms with Gasteiger partial charge in [-0.3, -0.25) is 18.3 Å². The number of fused-ring (bicyclic) bond motifs is 3. The summed E-state index contributed by atoms with van der Waals surface area (Å²) in [5.41, 5.74) is 1.19. The van der Waals surface area contributed by atoms with E-state index in [1.807, 2.05) is 0 Å². The molecule has 2 N–H and O–H groups in total. The molecule has 0 amide bonds. The van der Waals surface area contributed by atoms with Gasteiger partial charge < -0.3 is 0 Å². The standard InChI is InChI=1S/C16H17NO9S3/c18-27(19,20)8-2-1-7-26-29(24,25)16-10-11(28(21,22)23)9-14-12-5-6-17-15(12)4-3-13(14)16/h3-4,6,9-10H,1-2,5,7-8H2,(H,18,19,20)(H,21,22,23). The van der Waals surface area contributed by atoms with Crippen molar-refractivity contribution in [1.82, 2.24) is 0 Å². The molecule has 0 radical (unpaired) electrons. The summed E-state index contributed by atoms with van der Waals surface area (Å²) in [6.07, 6.45) is 1.98. The Kier molecular flexibility index (Phi) is 5.82. The average Bonchev–Trinajstić information content (AvgIpc) is 3.07. The van der Waals surface area contributed by atoms with Gasteiger partial charge in [0.25, 0.3) is 30.4 Å². The minimum atomic E-state index is -4.70. The molecule has 29 heavy (non-hydrogen) atoms. The van der Waals surface area contributed by atoms with Gasteiger partial charge >= 0.3 is 0 Å². The van der Waals surface area contributed by atoms with Crippen LogP contribution in [0.1, 0.15) is 18.4 Å². The van der Waals surface area contributed by atoms with Gasteiger partial charge in [-0.15, -0.1) is 0 Å². The predicted octanol–water partition coefficient (Wildman–Crippen LogP) is 1.72. The molecule has 2 aromatic rings. The van der Waals surface area contributed by atoms with Crippen LogP contribution >= 0.6 is 0 Å². The summed E-state index contributed by atoms with van der Waals surface area (Å²) in [7, 11) is -13.3. The van der Waals surface area contributed by atoms with Crippen molar-refractivity contribution in [1.29, 1.82) is 0 Å². The molecular weight excluding hydrogens is 446 g/mol. The van der Waals surface area contributed by atoms with Crippen LogP contribution in [0.5, 0.6) is 0 Å². The van der Waals surface area contributed by atoms with Crippen LogP contribution in [0.25, 0.3) is 10.8 Å². The van der Waals surface area contributed by atoms with Gasteiger partial charge in [-0.05, 0) is 42.0 Å². The van der Waals surface area contributed by atoms with E-state index < -0.39 is 45.9 Å². The highest BCUT2D eigenvalue weighted by Gasteiger charge is 2.25. The van der Waals surface area contributed by atoms with E-state index in [4.69, 9.17) is 8.74 Å². The molecular formula is C16H17NO9S3. The molecule has 0 unspecified atom stereocenters. The van der Waals surface area contributed by atoms with Crippen molar-refractivity contribution in [2.75, 3.05) is 12.4 Å². The van der Waals surface area contributed by atoms with Gasteiger partial charge in [-0.2, -0.15) is 25.3 Å². The van der Waals surface area contributed by atoms with Crippen LogP contribution in [-0.2, 0) is 41.0 Å². The second-order valence-corrected chi connectivity index (χ2v) is 10.9. The summed E-state index contributed by atoms with van der Waals surface area (Å²) in [6, 6.07) is 5.06. The van der Waals surface area contributed by atoms with Crippen molar-refractivity contribution in [3.05, 3.63) is 29.8 Å². The Hall–Kier alpha value is -1.90. The van der Waals surface area contributed by atoms with Gasteiger partial charge in [0.2, 0.25) is 0 Å². The highest BCUT2D eigenvalue weighted by atomic mass is 32.2. The van der Waals surface area contributed by atoms with Crippen molar-refractivity contribution >= 4 is 53.0 Å². The van der Waals surface area contributed by atoms with Crippen LogP contribution in [-0.4, -0.2) is 52.9 Å². The lowest BCUT2D eigenvalue weighted by atomic mass is 10.0. The van der Waals surface area contributed by atoms with E-state index >= 15 is 0 Å². The molecule has 0 saturated heterocycles. The Labute approximate surface area is 167 Å². The SMILES string of the molecule is O=S(=O)(O)CCCCOS(=O)(=O)c1cc(S(=O)(=O)O)cc2c3c(ccc12)N=CC3. The van der Waals surface area contributed by atoms with Gasteiger partial charge in [0.05, 0.1) is 22.9 Å². The molecule has 13 heteroatoms. The molecule has 0 fully saturated rings. The normalized spacial score (nSPS) is 14.4. The monoisotopic (exact) mass is 463 g/mol. The van der Waals surface area contributed by atoms with Gasteiger partial charge in [0, 0.05) is 18.0 Å². The van der Waals surface area contributed by atoms with E-state index in [0.717, 1.165) is 6.07 Å². The molecule has 0 atom stereocenters. The molecule has 1 heterocycles. The molecule has 2 aromatic carbocycles. The van der Waals surface area contributed by atoms with Crippen LogP contribution in [0.2, 0.25) is 0 Å². The first-order valence-electron chi connectivity index (χ1n) is 8.33. The Morgan fingerprint density at radius 1 is 0.966 bits per heavy atom. The lowest BCUT2D eigenvalue weighted by molar-refractivity contribution is 0.311. The van der Waals surface area contributed by atoms with E-state index in [1.165, 1.54) is 12.1 Å². The van der Waals surface area contributed by atoms with E-state index in [0.29, 0.717) is 23.1 Å². The van der Waals surface area contributed by atoms with Crippen molar-refractivity contribution in [3.8, 4) is 0 Å². The maximum atomic E-state index is 12.7. The second kappa shape index (κ2) is 7.74. The van der Waals surface area contributed by atoms with E-state index in [-0.39, 0.29) is 24.8 Å². The van der Waals surface area contributed by atoms with E-state index in [2.05, 4.69) is 4.99 Å². The fourth-order valence-corrected chi connectivity index (χ4v) is 5.33. The molecule has 0 aromatic heterocycles. The van der Waals surface area contributed by atoms with Crippen LogP contribution in [0.15, 0.2) is 39.0 Å². The third-order valence-electron chi connectivity index (χ3n) is 4.29. The minimum Gasteiger partial charge on any atom is -0.286 e. The maximum Gasteiger partial charge on any atom is 0.297 e. The number of benzene rings is 2. The molecule has 0 spiro atoms. The molecule has 0 saturated carbocycles. The van der Waals surface area contributed by atoms with Crippen molar-refractivity contribution in [2.24, 2.45) is 4.99 Å². The Bertz CT molecular complexity index is 1310. The number of unbranched alkanes of at least 4 members (excludes halogenated alkanes) is 1. The summed E-state index contributed by atoms with van der Waals surface area (Å²) in [6.45, 7) is -0.372. The van der Waals surface area contributed by atoms with Crippen LogP contribution in [0.3, 0.4) is 0 Å². The van der Waals surface area contributed by atoms with Crippen LogP contribution in [0.4, 0.5) is 5.69 Å². The minimum absolute atomic E-state index is 0.0228. The Morgan fingerprint density at radius 2 is 1.69 bits per heavy atom. The van der Waals surface area contributed by atoms with Crippen LogP contribution in [0, 0.1) is 0 Å². The smallest absolute Gasteiger partial charge is 0.286 e. The molecule has 158 valence electrons. The Morgan fingerprint density at radius 3 is 2.34 bits per heavy atom. The van der Waals surface area contributed by atoms with Crippen molar-refractivity contribution in [3.63, 3.8) is 0 Å². The summed E-state index contributed by atoms with van der Waals surface area (Å²) in [5.74, 6) is -0.538. The van der Waals surface area contributed by atoms with Crippen molar-refractivity contribution < 1.29 is 38.5 Å². The molecule has 1 aliphatic rings. The molecule has 1 aliphatic heterocycles. The first kappa shape index (κ1) is 21.8. The van der Waals surface area contributed by atoms with E-state index in [9.17, 15) is 29.8 Å². The molecule has 0 aliphatic carbocycles. The van der Waals surface area contributed by atoms with E-state index in [1.54, 1.807) is 12.3 Å². The highest BCUT2D eigenvalue weighted by Crippen LogP contribution is 2.36. The lowest BCUT2D eigenvalue weighted by Crippen LogP contribution is -2.11. The number of nitrogens with zero attached hydrogens (tertiary/aromatic N) is 1. The first-order valence-corrected chi connectivity index (χ1v) is 12.8. The number of rotatable bonds is 8. The fraction of sp³-hybridized carbons (Fsp3) is 0.312.